The second-order valence-corrected chi connectivity index (χ2v) is 7.50. The van der Waals surface area contributed by atoms with Gasteiger partial charge >= 0.3 is 6.18 Å². The number of β-amino-alcohol motifs (C(OH)–C–C–N with tert-alkyl or cyclic N) is 1. The minimum atomic E-state index is -4.93. The van der Waals surface area contributed by atoms with Crippen LogP contribution in [0.2, 0.25) is 0 Å². The molecule has 0 aromatic heterocycles. The van der Waals surface area contributed by atoms with Crippen LogP contribution in [0, 0.1) is 5.82 Å². The quantitative estimate of drug-likeness (QED) is 0.729. The molecule has 9 heteroatoms. The minimum Gasteiger partial charge on any atom is -0.496 e. The van der Waals surface area contributed by atoms with Crippen molar-refractivity contribution in [3.05, 3.63) is 29.6 Å². The Morgan fingerprint density at radius 1 is 1.30 bits per heavy atom. The monoisotopic (exact) mass is 392 g/mol. The number of halogens is 4. The molecule has 1 saturated heterocycles. The molecule has 0 bridgehead atoms. The summed E-state index contributed by atoms with van der Waals surface area (Å²) in [5, 5.41) is 13.1. The van der Waals surface area contributed by atoms with Gasteiger partial charge in [0.2, 0.25) is 5.91 Å². The number of aliphatic hydroxyl groups is 1. The van der Waals surface area contributed by atoms with Crippen LogP contribution in [0.1, 0.15) is 25.8 Å². The molecule has 0 aliphatic carbocycles. The van der Waals surface area contributed by atoms with Gasteiger partial charge in [0.05, 0.1) is 13.7 Å². The predicted octanol–water partition coefficient (Wildman–Crippen LogP) is 2.23. The Morgan fingerprint density at radius 2 is 1.96 bits per heavy atom. The fourth-order valence-electron chi connectivity index (χ4n) is 3.48. The number of methoxy groups -OCH3 is 1. The van der Waals surface area contributed by atoms with E-state index in [9.17, 15) is 27.5 Å². The lowest BCUT2D eigenvalue weighted by Gasteiger charge is -2.41. The smallest absolute Gasteiger partial charge is 0.418 e. The summed E-state index contributed by atoms with van der Waals surface area (Å²) in [5.74, 6) is -0.762. The third-order valence-corrected chi connectivity index (χ3v) is 4.76. The topological polar surface area (TPSA) is 61.8 Å². The molecule has 1 atom stereocenters. The molecule has 1 aliphatic heterocycles. The van der Waals surface area contributed by atoms with E-state index >= 15 is 0 Å². The summed E-state index contributed by atoms with van der Waals surface area (Å²) in [4.78, 5) is 12.7. The van der Waals surface area contributed by atoms with E-state index in [2.05, 4.69) is 5.32 Å². The number of piperazine rings is 1. The van der Waals surface area contributed by atoms with Gasteiger partial charge in [0.15, 0.2) is 5.60 Å². The molecule has 0 spiro atoms. The minimum absolute atomic E-state index is 0.202. The molecule has 1 heterocycles. The zero-order valence-electron chi connectivity index (χ0n) is 15.5. The second-order valence-electron chi connectivity index (χ2n) is 7.50. The van der Waals surface area contributed by atoms with Gasteiger partial charge in [0, 0.05) is 25.2 Å². The first-order valence-electron chi connectivity index (χ1n) is 8.50. The molecule has 5 nitrogen and oxygen atoms in total. The Balaban J connectivity index is 2.34. The number of carbonyl (C=O) groups excluding carboxylic acids is 1. The fraction of sp³-hybridized carbons (Fsp3) is 0.611. The van der Waals surface area contributed by atoms with Crippen molar-refractivity contribution < 1.29 is 32.2 Å². The van der Waals surface area contributed by atoms with E-state index in [-0.39, 0.29) is 30.9 Å². The van der Waals surface area contributed by atoms with E-state index in [0.717, 1.165) is 12.1 Å². The maximum Gasteiger partial charge on any atom is 0.418 e. The Bertz CT molecular complexity index is 694. The maximum absolute atomic E-state index is 13.8. The lowest BCUT2D eigenvalue weighted by atomic mass is 9.74. The number of nitrogens with zero attached hydrogens (tertiary/aromatic N) is 1. The summed E-state index contributed by atoms with van der Waals surface area (Å²) >= 11 is 0. The SMILES string of the molecule is COc1ccc(F)cc1C(C)(C)CC(O)(CN1CCNC(=O)C1)C(F)(F)F. The predicted molar refractivity (Wildman–Crippen MR) is 91.0 cm³/mol. The van der Waals surface area contributed by atoms with Gasteiger partial charge in [-0.05, 0) is 30.0 Å². The highest BCUT2D eigenvalue weighted by Gasteiger charge is 2.57. The van der Waals surface area contributed by atoms with Crippen LogP contribution in [0.15, 0.2) is 18.2 Å². The molecular formula is C18H24F4N2O3. The summed E-state index contributed by atoms with van der Waals surface area (Å²) in [6, 6.07) is 3.61. The molecular weight excluding hydrogens is 368 g/mol. The highest BCUT2D eigenvalue weighted by atomic mass is 19.4. The molecule has 1 aromatic rings. The number of hydrogen-bond acceptors (Lipinski definition) is 4. The molecule has 2 rings (SSSR count). The van der Waals surface area contributed by atoms with Crippen molar-refractivity contribution in [3.63, 3.8) is 0 Å². The largest absolute Gasteiger partial charge is 0.496 e. The fourth-order valence-corrected chi connectivity index (χ4v) is 3.48. The van der Waals surface area contributed by atoms with Gasteiger partial charge in [-0.25, -0.2) is 4.39 Å². The van der Waals surface area contributed by atoms with Crippen molar-refractivity contribution in [3.8, 4) is 5.75 Å². The van der Waals surface area contributed by atoms with Crippen LogP contribution < -0.4 is 10.1 Å². The van der Waals surface area contributed by atoms with Crippen LogP contribution in [-0.2, 0) is 10.2 Å². The van der Waals surface area contributed by atoms with Crippen molar-refractivity contribution >= 4 is 5.91 Å². The number of amides is 1. The molecule has 152 valence electrons. The number of alkyl halides is 3. The van der Waals surface area contributed by atoms with Crippen molar-refractivity contribution in [1.82, 2.24) is 10.2 Å². The van der Waals surface area contributed by atoms with E-state index < -0.39 is 41.9 Å². The van der Waals surface area contributed by atoms with E-state index in [1.54, 1.807) is 0 Å². The molecule has 2 N–H and O–H groups in total. The van der Waals surface area contributed by atoms with Gasteiger partial charge in [-0.1, -0.05) is 13.8 Å². The lowest BCUT2D eigenvalue weighted by molar-refractivity contribution is -0.271. The first-order valence-corrected chi connectivity index (χ1v) is 8.50. The van der Waals surface area contributed by atoms with Gasteiger partial charge in [0.1, 0.15) is 11.6 Å². The van der Waals surface area contributed by atoms with E-state index in [4.69, 9.17) is 4.74 Å². The Morgan fingerprint density at radius 3 is 2.52 bits per heavy atom. The first kappa shape index (κ1) is 21.4. The van der Waals surface area contributed by atoms with Gasteiger partial charge in [-0.3, -0.25) is 9.69 Å². The average Bonchev–Trinajstić information content (AvgIpc) is 2.53. The Hall–Kier alpha value is -1.87. The van der Waals surface area contributed by atoms with Crippen molar-refractivity contribution in [2.75, 3.05) is 33.3 Å². The molecule has 27 heavy (non-hydrogen) atoms. The van der Waals surface area contributed by atoms with Gasteiger partial charge in [-0.2, -0.15) is 13.2 Å². The number of ether oxygens (including phenoxy) is 1. The number of nitrogens with one attached hydrogen (secondary N) is 1. The van der Waals surface area contributed by atoms with Crippen LogP contribution in [0.25, 0.3) is 0 Å². The standard InChI is InChI=1S/C18H24F4N2O3/c1-16(2,13-8-12(19)4-5-14(13)27-3)10-17(26,18(20,21)22)11-24-7-6-23-15(25)9-24/h4-5,8,26H,6-7,9-11H2,1-3H3,(H,23,25). The second kappa shape index (κ2) is 7.63. The molecule has 1 aliphatic rings. The Kier molecular flexibility index (Phi) is 6.06. The molecule has 0 saturated carbocycles. The molecule has 1 amide bonds. The first-order chi connectivity index (χ1) is 12.4. The van der Waals surface area contributed by atoms with Crippen LogP contribution >= 0.6 is 0 Å². The Labute approximate surface area is 155 Å². The van der Waals surface area contributed by atoms with Crippen LogP contribution in [0.5, 0.6) is 5.75 Å². The van der Waals surface area contributed by atoms with Crippen LogP contribution in [-0.4, -0.2) is 61.0 Å². The summed E-state index contributed by atoms with van der Waals surface area (Å²) in [5.41, 5.74) is -4.11. The van der Waals surface area contributed by atoms with Crippen molar-refractivity contribution in [2.45, 2.75) is 37.5 Å². The molecule has 1 unspecified atom stereocenters. The molecule has 0 radical (unpaired) electrons. The highest BCUT2D eigenvalue weighted by molar-refractivity contribution is 5.78. The zero-order chi connectivity index (χ0) is 20.5. The van der Waals surface area contributed by atoms with Gasteiger partial charge < -0.3 is 15.2 Å². The zero-order valence-corrected chi connectivity index (χ0v) is 15.5. The lowest BCUT2D eigenvalue weighted by Crippen LogP contribution is -2.59. The number of rotatable bonds is 6. The van der Waals surface area contributed by atoms with Crippen LogP contribution in [0.3, 0.4) is 0 Å². The number of hydrogen-bond donors (Lipinski definition) is 2. The van der Waals surface area contributed by atoms with E-state index in [1.165, 1.54) is 31.9 Å². The summed E-state index contributed by atoms with van der Waals surface area (Å²) in [7, 11) is 1.34. The molecule has 1 fully saturated rings. The number of benzene rings is 1. The number of carbonyl (C=O) groups is 1. The van der Waals surface area contributed by atoms with Crippen molar-refractivity contribution in [2.24, 2.45) is 0 Å². The molecule has 1 aromatic carbocycles. The summed E-state index contributed by atoms with van der Waals surface area (Å²) in [6.07, 6.45) is -5.65. The normalized spacial score (nSPS) is 18.7. The summed E-state index contributed by atoms with van der Waals surface area (Å²) < 4.78 is 60.2. The van der Waals surface area contributed by atoms with E-state index in [1.807, 2.05) is 0 Å². The van der Waals surface area contributed by atoms with Gasteiger partial charge in [-0.15, -0.1) is 0 Å². The van der Waals surface area contributed by atoms with Crippen molar-refractivity contribution in [1.29, 1.82) is 0 Å². The third kappa shape index (κ3) is 4.90. The highest BCUT2D eigenvalue weighted by Crippen LogP contribution is 2.44. The average molecular weight is 392 g/mol. The third-order valence-electron chi connectivity index (χ3n) is 4.76. The van der Waals surface area contributed by atoms with Gasteiger partial charge in [0.25, 0.3) is 0 Å². The van der Waals surface area contributed by atoms with Crippen LogP contribution in [0.4, 0.5) is 17.6 Å². The van der Waals surface area contributed by atoms with E-state index in [0.29, 0.717) is 0 Å². The summed E-state index contributed by atoms with van der Waals surface area (Å²) in [6.45, 7) is 2.43. The maximum atomic E-state index is 13.8.